The molecule has 1 aromatic rings. The van der Waals surface area contributed by atoms with Gasteiger partial charge in [0.1, 0.15) is 0 Å². The Morgan fingerprint density at radius 3 is 1.62 bits per heavy atom. The van der Waals surface area contributed by atoms with Gasteiger partial charge in [-0.1, -0.05) is 0 Å². The smallest absolute Gasteiger partial charge is 0.206 e. The summed E-state index contributed by atoms with van der Waals surface area (Å²) in [5.41, 5.74) is 0. The zero-order chi connectivity index (χ0) is 16.0. The second kappa shape index (κ2) is 8.14. The largest absolute Gasteiger partial charge is 0.487 e. The van der Waals surface area contributed by atoms with Crippen LogP contribution in [-0.2, 0) is 9.47 Å². The molecule has 1 aromatic carbocycles. The molecule has 0 amide bonds. The van der Waals surface area contributed by atoms with Crippen LogP contribution in [0.1, 0.15) is 20.3 Å². The quantitative estimate of drug-likeness (QED) is 0.318. The zero-order valence-corrected chi connectivity index (χ0v) is 11.5. The van der Waals surface area contributed by atoms with Crippen LogP contribution >= 0.6 is 0 Å². The standard InChI is InChI=1S/C13H15F5O3/c1-3-19-7(20-4-2)5-6-21-13-11(17)9(15)8(14)10(16)12(13)18/h7H,3-6H2,1-2H3. The van der Waals surface area contributed by atoms with E-state index in [1.54, 1.807) is 13.8 Å². The van der Waals surface area contributed by atoms with Crippen molar-refractivity contribution >= 4 is 0 Å². The molecule has 0 bridgehead atoms. The predicted molar refractivity (Wildman–Crippen MR) is 63.4 cm³/mol. The summed E-state index contributed by atoms with van der Waals surface area (Å²) in [6.07, 6.45) is -0.609. The molecule has 0 heterocycles. The van der Waals surface area contributed by atoms with Crippen LogP contribution in [0.15, 0.2) is 0 Å². The van der Waals surface area contributed by atoms with E-state index in [1.807, 2.05) is 0 Å². The highest BCUT2D eigenvalue weighted by Crippen LogP contribution is 2.29. The maximum atomic E-state index is 13.3. The molecule has 8 heteroatoms. The summed E-state index contributed by atoms with van der Waals surface area (Å²) in [5.74, 6) is -11.6. The van der Waals surface area contributed by atoms with Crippen LogP contribution in [-0.4, -0.2) is 26.1 Å². The van der Waals surface area contributed by atoms with Gasteiger partial charge in [0.25, 0.3) is 0 Å². The number of halogens is 5. The Kier molecular flexibility index (Phi) is 6.83. The lowest BCUT2D eigenvalue weighted by Crippen LogP contribution is -2.21. The Labute approximate surface area is 118 Å². The first kappa shape index (κ1) is 17.6. The normalized spacial score (nSPS) is 11.2. The minimum Gasteiger partial charge on any atom is -0.487 e. The number of benzene rings is 1. The zero-order valence-electron chi connectivity index (χ0n) is 11.5. The van der Waals surface area contributed by atoms with Crippen molar-refractivity contribution in [3.05, 3.63) is 29.1 Å². The average molecular weight is 314 g/mol. The number of hydrogen-bond donors (Lipinski definition) is 0. The highest BCUT2D eigenvalue weighted by Gasteiger charge is 2.27. The highest BCUT2D eigenvalue weighted by molar-refractivity contribution is 5.29. The van der Waals surface area contributed by atoms with Gasteiger partial charge in [0.05, 0.1) is 6.61 Å². The molecule has 0 radical (unpaired) electrons. The van der Waals surface area contributed by atoms with Crippen LogP contribution in [0.5, 0.6) is 5.75 Å². The third kappa shape index (κ3) is 4.28. The third-order valence-corrected chi connectivity index (χ3v) is 2.47. The van der Waals surface area contributed by atoms with Crippen LogP contribution in [0, 0.1) is 29.1 Å². The summed E-state index contributed by atoms with van der Waals surface area (Å²) in [6, 6.07) is 0. The summed E-state index contributed by atoms with van der Waals surface area (Å²) >= 11 is 0. The molecule has 3 nitrogen and oxygen atoms in total. The van der Waals surface area contributed by atoms with E-state index in [9.17, 15) is 22.0 Å². The van der Waals surface area contributed by atoms with Gasteiger partial charge >= 0.3 is 0 Å². The minimum atomic E-state index is -2.22. The summed E-state index contributed by atoms with van der Waals surface area (Å²) in [4.78, 5) is 0. The van der Waals surface area contributed by atoms with Crippen molar-refractivity contribution in [1.82, 2.24) is 0 Å². The SMILES string of the molecule is CCOC(CCOc1c(F)c(F)c(F)c(F)c1F)OCC. The van der Waals surface area contributed by atoms with Gasteiger partial charge in [0.15, 0.2) is 12.0 Å². The Balaban J connectivity index is 2.76. The Morgan fingerprint density at radius 2 is 1.19 bits per heavy atom. The average Bonchev–Trinajstić information content (AvgIpc) is 2.47. The molecule has 0 unspecified atom stereocenters. The fourth-order valence-electron chi connectivity index (χ4n) is 1.56. The van der Waals surface area contributed by atoms with Crippen molar-refractivity contribution in [3.8, 4) is 5.75 Å². The lowest BCUT2D eigenvalue weighted by molar-refractivity contribution is -0.143. The van der Waals surface area contributed by atoms with Crippen LogP contribution < -0.4 is 4.74 Å². The highest BCUT2D eigenvalue weighted by atomic mass is 19.2. The van der Waals surface area contributed by atoms with Crippen LogP contribution in [0.25, 0.3) is 0 Å². The molecule has 0 N–H and O–H groups in total. The second-order valence-electron chi connectivity index (χ2n) is 3.88. The summed E-state index contributed by atoms with van der Waals surface area (Å²) < 4.78 is 80.3. The van der Waals surface area contributed by atoms with Crippen LogP contribution in [0.2, 0.25) is 0 Å². The van der Waals surface area contributed by atoms with Crippen molar-refractivity contribution in [2.45, 2.75) is 26.6 Å². The van der Waals surface area contributed by atoms with Gasteiger partial charge in [-0.05, 0) is 13.8 Å². The third-order valence-electron chi connectivity index (χ3n) is 2.47. The molecule has 1 rings (SSSR count). The van der Waals surface area contributed by atoms with Gasteiger partial charge in [-0.25, -0.2) is 13.2 Å². The van der Waals surface area contributed by atoms with Crippen molar-refractivity contribution in [1.29, 1.82) is 0 Å². The number of hydrogen-bond acceptors (Lipinski definition) is 3. The fraction of sp³-hybridized carbons (Fsp3) is 0.538. The van der Waals surface area contributed by atoms with Crippen molar-refractivity contribution in [2.24, 2.45) is 0 Å². The van der Waals surface area contributed by atoms with Gasteiger partial charge in [-0.15, -0.1) is 0 Å². The van der Waals surface area contributed by atoms with Crippen molar-refractivity contribution in [2.75, 3.05) is 19.8 Å². The van der Waals surface area contributed by atoms with E-state index < -0.39 is 41.1 Å². The summed E-state index contributed by atoms with van der Waals surface area (Å²) in [6.45, 7) is 3.79. The predicted octanol–water partition coefficient (Wildman–Crippen LogP) is 3.55. The number of ether oxygens (including phenoxy) is 3. The van der Waals surface area contributed by atoms with Crippen LogP contribution in [0.4, 0.5) is 22.0 Å². The Hall–Kier alpha value is -1.41. The van der Waals surface area contributed by atoms with E-state index in [4.69, 9.17) is 9.47 Å². The molecule has 0 aliphatic heterocycles. The molecular formula is C13H15F5O3. The van der Waals surface area contributed by atoms with Crippen LogP contribution in [0.3, 0.4) is 0 Å². The topological polar surface area (TPSA) is 27.7 Å². The molecule has 0 aliphatic carbocycles. The van der Waals surface area contributed by atoms with Gasteiger partial charge < -0.3 is 14.2 Å². The Morgan fingerprint density at radius 1 is 0.762 bits per heavy atom. The van der Waals surface area contributed by atoms with Gasteiger partial charge in [0, 0.05) is 19.6 Å². The fourth-order valence-corrected chi connectivity index (χ4v) is 1.56. The molecule has 21 heavy (non-hydrogen) atoms. The van der Waals surface area contributed by atoms with Crippen molar-refractivity contribution < 1.29 is 36.2 Å². The molecule has 0 atom stereocenters. The maximum Gasteiger partial charge on any atom is 0.206 e. The molecule has 0 spiro atoms. The number of rotatable bonds is 8. The Bertz CT molecular complexity index is 446. The van der Waals surface area contributed by atoms with Crippen molar-refractivity contribution in [3.63, 3.8) is 0 Å². The summed E-state index contributed by atoms with van der Waals surface area (Å²) in [5, 5.41) is 0. The second-order valence-corrected chi connectivity index (χ2v) is 3.88. The lowest BCUT2D eigenvalue weighted by atomic mass is 10.2. The van der Waals surface area contributed by atoms with Gasteiger partial charge in [-0.3, -0.25) is 0 Å². The van der Waals surface area contributed by atoms with E-state index in [0.717, 1.165) is 0 Å². The first-order chi connectivity index (χ1) is 9.93. The van der Waals surface area contributed by atoms with E-state index >= 15 is 0 Å². The molecule has 0 aromatic heterocycles. The van der Waals surface area contributed by atoms with E-state index in [-0.39, 0.29) is 13.0 Å². The molecule has 120 valence electrons. The molecule has 0 fully saturated rings. The van der Waals surface area contributed by atoms with E-state index in [1.165, 1.54) is 0 Å². The first-order valence-corrected chi connectivity index (χ1v) is 6.31. The molecule has 0 saturated carbocycles. The van der Waals surface area contributed by atoms with E-state index in [2.05, 4.69) is 4.74 Å². The maximum absolute atomic E-state index is 13.3. The minimum absolute atomic E-state index is 0.0706. The summed E-state index contributed by atoms with van der Waals surface area (Å²) in [7, 11) is 0. The first-order valence-electron chi connectivity index (χ1n) is 6.31. The molecule has 0 saturated heterocycles. The van der Waals surface area contributed by atoms with Gasteiger partial charge in [-0.2, -0.15) is 8.78 Å². The monoisotopic (exact) mass is 314 g/mol. The molecule has 0 aliphatic rings. The lowest BCUT2D eigenvalue weighted by Gasteiger charge is -2.17. The van der Waals surface area contributed by atoms with E-state index in [0.29, 0.717) is 13.2 Å². The van der Waals surface area contributed by atoms with Gasteiger partial charge in [0.2, 0.25) is 29.1 Å². The molecular weight excluding hydrogens is 299 g/mol.